The molecule has 2 rings (SSSR count). The molecular weight excluding hydrogens is 295 g/mol. The molecule has 1 fully saturated rings. The summed E-state index contributed by atoms with van der Waals surface area (Å²) < 4.78 is 39.4. The van der Waals surface area contributed by atoms with E-state index in [1.807, 2.05) is 4.90 Å². The molecule has 0 bridgehead atoms. The molecule has 0 saturated carbocycles. The van der Waals surface area contributed by atoms with Gasteiger partial charge in [0.15, 0.2) is 17.5 Å². The molecule has 1 amide bonds. The number of carbonyl (C=O) groups is 1. The number of carbonyl (C=O) groups excluding carboxylic acids is 1. The van der Waals surface area contributed by atoms with Crippen LogP contribution in [-0.4, -0.2) is 37.0 Å². The zero-order valence-electron chi connectivity index (χ0n) is 12.2. The smallest absolute Gasteiger partial charge is 0.224 e. The molecule has 122 valence electrons. The summed E-state index contributed by atoms with van der Waals surface area (Å²) >= 11 is 0. The van der Waals surface area contributed by atoms with E-state index in [2.05, 4.69) is 5.32 Å². The van der Waals surface area contributed by atoms with E-state index in [0.29, 0.717) is 25.2 Å². The lowest BCUT2D eigenvalue weighted by atomic mass is 9.96. The fourth-order valence-electron chi connectivity index (χ4n) is 2.71. The minimum Gasteiger partial charge on any atom is -0.355 e. The molecule has 1 unspecified atom stereocenters. The summed E-state index contributed by atoms with van der Waals surface area (Å²) in [4.78, 5) is 13.9. The van der Waals surface area contributed by atoms with Crippen molar-refractivity contribution < 1.29 is 18.0 Å². The second kappa shape index (κ2) is 7.60. The van der Waals surface area contributed by atoms with Gasteiger partial charge in [0.1, 0.15) is 0 Å². The van der Waals surface area contributed by atoms with E-state index in [1.165, 1.54) is 0 Å². The highest BCUT2D eigenvalue weighted by Gasteiger charge is 2.25. The van der Waals surface area contributed by atoms with Gasteiger partial charge in [0.25, 0.3) is 0 Å². The van der Waals surface area contributed by atoms with E-state index < -0.39 is 17.5 Å². The fraction of sp³-hybridized carbons (Fsp3) is 0.533. The molecule has 7 heteroatoms. The number of hydrogen-bond acceptors (Lipinski definition) is 3. The van der Waals surface area contributed by atoms with E-state index in [0.717, 1.165) is 31.5 Å². The predicted octanol–water partition coefficient (Wildman–Crippen LogP) is 1.39. The number of nitrogens with two attached hydrogens (primary N) is 1. The maximum Gasteiger partial charge on any atom is 0.224 e. The van der Waals surface area contributed by atoms with Gasteiger partial charge < -0.3 is 11.1 Å². The zero-order chi connectivity index (χ0) is 16.1. The number of likely N-dealkylation sites (tertiary alicyclic amines) is 1. The molecule has 22 heavy (non-hydrogen) atoms. The molecule has 0 aliphatic carbocycles. The summed E-state index contributed by atoms with van der Waals surface area (Å²) in [6, 6.07) is 1.99. The van der Waals surface area contributed by atoms with Crippen LogP contribution in [0.1, 0.15) is 18.4 Å². The van der Waals surface area contributed by atoms with E-state index in [-0.39, 0.29) is 18.4 Å². The van der Waals surface area contributed by atoms with Gasteiger partial charge in [0, 0.05) is 26.2 Å². The minimum absolute atomic E-state index is 0.0494. The lowest BCUT2D eigenvalue weighted by Crippen LogP contribution is -2.43. The largest absolute Gasteiger partial charge is 0.355 e. The number of nitrogens with one attached hydrogen (secondary N) is 1. The van der Waals surface area contributed by atoms with Crippen molar-refractivity contribution in [2.75, 3.05) is 26.2 Å². The second-order valence-electron chi connectivity index (χ2n) is 5.53. The van der Waals surface area contributed by atoms with E-state index in [1.54, 1.807) is 0 Å². The van der Waals surface area contributed by atoms with Gasteiger partial charge in [-0.1, -0.05) is 0 Å². The molecule has 1 atom stereocenters. The van der Waals surface area contributed by atoms with Gasteiger partial charge in [-0.2, -0.15) is 0 Å². The third-order valence-electron chi connectivity index (χ3n) is 3.77. The first-order valence-electron chi connectivity index (χ1n) is 7.34. The van der Waals surface area contributed by atoms with Crippen molar-refractivity contribution in [3.05, 3.63) is 35.1 Å². The Bertz CT molecular complexity index is 516. The molecule has 0 radical (unpaired) electrons. The number of rotatable bonds is 5. The van der Waals surface area contributed by atoms with Crippen LogP contribution in [0.3, 0.4) is 0 Å². The summed E-state index contributed by atoms with van der Waals surface area (Å²) in [7, 11) is 0. The lowest BCUT2D eigenvalue weighted by molar-refractivity contribution is -0.126. The Kier molecular flexibility index (Phi) is 5.79. The first kappa shape index (κ1) is 16.8. The van der Waals surface area contributed by atoms with E-state index in [4.69, 9.17) is 5.73 Å². The normalized spacial score (nSPS) is 19.2. The van der Waals surface area contributed by atoms with Crippen molar-refractivity contribution in [3.63, 3.8) is 0 Å². The number of nitrogens with zero attached hydrogens (tertiary/aromatic N) is 1. The summed E-state index contributed by atoms with van der Waals surface area (Å²) in [5.41, 5.74) is 5.71. The molecule has 1 aromatic carbocycles. The van der Waals surface area contributed by atoms with Crippen molar-refractivity contribution in [3.8, 4) is 0 Å². The van der Waals surface area contributed by atoms with Crippen molar-refractivity contribution in [1.29, 1.82) is 0 Å². The summed E-state index contributed by atoms with van der Waals surface area (Å²) in [5.74, 6) is -4.04. The van der Waals surface area contributed by atoms with Crippen LogP contribution in [0.15, 0.2) is 12.1 Å². The molecule has 1 saturated heterocycles. The second-order valence-corrected chi connectivity index (χ2v) is 5.53. The molecule has 1 aromatic rings. The molecular formula is C15H20F3N3O. The van der Waals surface area contributed by atoms with Crippen LogP contribution in [0.5, 0.6) is 0 Å². The van der Waals surface area contributed by atoms with Gasteiger partial charge in [-0.3, -0.25) is 9.69 Å². The van der Waals surface area contributed by atoms with Crippen LogP contribution in [0.4, 0.5) is 13.2 Å². The average molecular weight is 315 g/mol. The highest BCUT2D eigenvalue weighted by atomic mass is 19.2. The van der Waals surface area contributed by atoms with Crippen LogP contribution in [-0.2, 0) is 11.3 Å². The monoisotopic (exact) mass is 315 g/mol. The van der Waals surface area contributed by atoms with E-state index in [9.17, 15) is 18.0 Å². The van der Waals surface area contributed by atoms with Crippen LogP contribution < -0.4 is 11.1 Å². The maximum atomic E-state index is 13.2. The quantitative estimate of drug-likeness (QED) is 0.807. The average Bonchev–Trinajstić information content (AvgIpc) is 2.50. The van der Waals surface area contributed by atoms with Crippen LogP contribution in [0.25, 0.3) is 0 Å². The summed E-state index contributed by atoms with van der Waals surface area (Å²) in [6.07, 6.45) is 1.60. The molecule has 1 heterocycles. The first-order valence-corrected chi connectivity index (χ1v) is 7.34. The van der Waals surface area contributed by atoms with Gasteiger partial charge in [-0.15, -0.1) is 0 Å². The lowest BCUT2D eigenvalue weighted by Gasteiger charge is -2.32. The number of hydrogen-bond donors (Lipinski definition) is 2. The van der Waals surface area contributed by atoms with Crippen LogP contribution in [0, 0.1) is 23.4 Å². The number of benzene rings is 1. The molecule has 0 spiro atoms. The maximum absolute atomic E-state index is 13.2. The van der Waals surface area contributed by atoms with Crippen LogP contribution >= 0.6 is 0 Å². The Hall–Kier alpha value is -1.60. The number of piperidine rings is 1. The molecule has 0 aromatic heterocycles. The van der Waals surface area contributed by atoms with Gasteiger partial charge in [0.2, 0.25) is 5.91 Å². The van der Waals surface area contributed by atoms with Crippen molar-refractivity contribution >= 4 is 5.91 Å². The Morgan fingerprint density at radius 2 is 2.00 bits per heavy atom. The van der Waals surface area contributed by atoms with Crippen LogP contribution in [0.2, 0.25) is 0 Å². The molecule has 4 nitrogen and oxygen atoms in total. The van der Waals surface area contributed by atoms with E-state index >= 15 is 0 Å². The minimum atomic E-state index is -1.46. The predicted molar refractivity (Wildman–Crippen MR) is 76.4 cm³/mol. The van der Waals surface area contributed by atoms with Gasteiger partial charge in [-0.25, -0.2) is 13.2 Å². The molecule has 3 N–H and O–H groups in total. The third-order valence-corrected chi connectivity index (χ3v) is 3.77. The van der Waals surface area contributed by atoms with Crippen molar-refractivity contribution in [2.45, 2.75) is 19.4 Å². The van der Waals surface area contributed by atoms with Gasteiger partial charge in [0.05, 0.1) is 5.92 Å². The van der Waals surface area contributed by atoms with Crippen molar-refractivity contribution in [1.82, 2.24) is 10.2 Å². The topological polar surface area (TPSA) is 58.4 Å². The summed E-state index contributed by atoms with van der Waals surface area (Å²) in [5, 5.41) is 2.75. The fourth-order valence-corrected chi connectivity index (χ4v) is 2.71. The highest BCUT2D eigenvalue weighted by Crippen LogP contribution is 2.20. The standard InChI is InChI=1S/C15H20F3N3O/c16-12-6-10(7-13(17)14(12)18)8-21-5-1-2-11(9-21)15(22)20-4-3-19/h6-7,11H,1-5,8-9,19H2,(H,20,22). The Morgan fingerprint density at radius 3 is 2.64 bits per heavy atom. The number of amides is 1. The SMILES string of the molecule is NCCNC(=O)C1CCCN(Cc2cc(F)c(F)c(F)c2)C1. The Morgan fingerprint density at radius 1 is 1.32 bits per heavy atom. The summed E-state index contributed by atoms with van der Waals surface area (Å²) in [6.45, 7) is 2.35. The Balaban J connectivity index is 1.97. The number of halogens is 3. The van der Waals surface area contributed by atoms with Gasteiger partial charge >= 0.3 is 0 Å². The van der Waals surface area contributed by atoms with Crippen molar-refractivity contribution in [2.24, 2.45) is 11.7 Å². The zero-order valence-corrected chi connectivity index (χ0v) is 12.2. The molecule has 1 aliphatic heterocycles. The van der Waals surface area contributed by atoms with Gasteiger partial charge in [-0.05, 0) is 37.1 Å². The highest BCUT2D eigenvalue weighted by molar-refractivity contribution is 5.78. The first-order chi connectivity index (χ1) is 10.5. The Labute approximate surface area is 127 Å². The third kappa shape index (κ3) is 4.20. The molecule has 1 aliphatic rings.